The quantitative estimate of drug-likeness (QED) is 0.536. The first kappa shape index (κ1) is 8.88. The van der Waals surface area contributed by atoms with Crippen molar-refractivity contribution in [3.05, 3.63) is 0 Å². The highest BCUT2D eigenvalue weighted by Gasteiger charge is 2.05. The molecule has 0 saturated heterocycles. The molecule has 0 amide bonds. The monoisotopic (exact) mass is 134 g/mol. The molecule has 0 rings (SSSR count). The van der Waals surface area contributed by atoms with Gasteiger partial charge in [0, 0.05) is 13.0 Å². The fourth-order valence-corrected chi connectivity index (χ4v) is 0.552. The maximum Gasteiger partial charge on any atom is 0.156 e. The second-order valence-electron chi connectivity index (χ2n) is 1.99. The van der Waals surface area contributed by atoms with Crippen molar-refractivity contribution < 1.29 is 14.9 Å². The van der Waals surface area contributed by atoms with Gasteiger partial charge in [-0.1, -0.05) is 0 Å². The Morgan fingerprint density at radius 3 is 2.33 bits per heavy atom. The lowest BCUT2D eigenvalue weighted by molar-refractivity contribution is -0.113. The first-order chi connectivity index (χ1) is 4.16. The Balaban J connectivity index is 3.15. The normalized spacial score (nSPS) is 17.3. The Kier molecular flexibility index (Phi) is 4.67. The third-order valence-electron chi connectivity index (χ3n) is 0.902. The van der Waals surface area contributed by atoms with Gasteiger partial charge in [0.2, 0.25) is 0 Å². The molecule has 0 radical (unpaired) electrons. The third-order valence-corrected chi connectivity index (χ3v) is 0.902. The number of hydrogen-bond acceptors (Lipinski definition) is 3. The van der Waals surface area contributed by atoms with Gasteiger partial charge in [-0.25, -0.2) is 0 Å². The Morgan fingerprint density at radius 2 is 2.00 bits per heavy atom. The van der Waals surface area contributed by atoms with Crippen molar-refractivity contribution >= 4 is 0 Å². The second kappa shape index (κ2) is 4.73. The lowest BCUT2D eigenvalue weighted by Gasteiger charge is -2.11. The summed E-state index contributed by atoms with van der Waals surface area (Å²) in [5.74, 6) is 0. The van der Waals surface area contributed by atoms with E-state index in [9.17, 15) is 0 Å². The first-order valence-electron chi connectivity index (χ1n) is 3.14. The SMILES string of the molecule is CCOC(O)CC(C)O. The van der Waals surface area contributed by atoms with Gasteiger partial charge in [0.15, 0.2) is 6.29 Å². The number of aliphatic hydroxyl groups is 2. The molecule has 3 heteroatoms. The number of hydrogen-bond donors (Lipinski definition) is 2. The van der Waals surface area contributed by atoms with E-state index in [-0.39, 0.29) is 6.42 Å². The van der Waals surface area contributed by atoms with E-state index in [2.05, 4.69) is 0 Å². The molecule has 0 fully saturated rings. The van der Waals surface area contributed by atoms with Crippen LogP contribution in [0, 0.1) is 0 Å². The molecule has 0 heterocycles. The molecule has 0 aromatic rings. The van der Waals surface area contributed by atoms with E-state index in [0.717, 1.165) is 0 Å². The smallest absolute Gasteiger partial charge is 0.156 e. The van der Waals surface area contributed by atoms with Crippen molar-refractivity contribution in [3.63, 3.8) is 0 Å². The summed E-state index contributed by atoms with van der Waals surface area (Å²) in [4.78, 5) is 0. The van der Waals surface area contributed by atoms with E-state index in [1.54, 1.807) is 13.8 Å². The van der Waals surface area contributed by atoms with E-state index in [0.29, 0.717) is 6.61 Å². The molecule has 0 aliphatic carbocycles. The number of ether oxygens (including phenoxy) is 1. The third kappa shape index (κ3) is 5.76. The van der Waals surface area contributed by atoms with Crippen molar-refractivity contribution in [1.29, 1.82) is 0 Å². The van der Waals surface area contributed by atoms with Gasteiger partial charge in [-0.2, -0.15) is 0 Å². The summed E-state index contributed by atoms with van der Waals surface area (Å²) in [6.07, 6.45) is -1.02. The molecular weight excluding hydrogens is 120 g/mol. The molecule has 0 saturated carbocycles. The summed E-state index contributed by atoms with van der Waals surface area (Å²) in [5, 5.41) is 17.5. The zero-order valence-corrected chi connectivity index (χ0v) is 5.87. The van der Waals surface area contributed by atoms with Gasteiger partial charge in [0.1, 0.15) is 0 Å². The van der Waals surface area contributed by atoms with E-state index in [1.165, 1.54) is 0 Å². The molecule has 0 bridgehead atoms. The van der Waals surface area contributed by atoms with E-state index in [1.807, 2.05) is 0 Å². The van der Waals surface area contributed by atoms with Crippen molar-refractivity contribution in [1.82, 2.24) is 0 Å². The Bertz CT molecular complexity index is 63.3. The molecule has 9 heavy (non-hydrogen) atoms. The van der Waals surface area contributed by atoms with Crippen LogP contribution in [0.25, 0.3) is 0 Å². The van der Waals surface area contributed by atoms with Crippen molar-refractivity contribution in [3.8, 4) is 0 Å². The van der Waals surface area contributed by atoms with E-state index in [4.69, 9.17) is 14.9 Å². The molecule has 2 atom stereocenters. The Hall–Kier alpha value is -0.120. The maximum absolute atomic E-state index is 8.84. The average Bonchev–Trinajstić information content (AvgIpc) is 1.63. The van der Waals surface area contributed by atoms with Crippen LogP contribution in [0.15, 0.2) is 0 Å². The minimum atomic E-state index is -0.810. The van der Waals surface area contributed by atoms with Crippen molar-refractivity contribution in [2.75, 3.05) is 6.61 Å². The van der Waals surface area contributed by atoms with Crippen LogP contribution in [-0.4, -0.2) is 29.2 Å². The van der Waals surface area contributed by atoms with Gasteiger partial charge in [-0.15, -0.1) is 0 Å². The van der Waals surface area contributed by atoms with Crippen LogP contribution in [0.2, 0.25) is 0 Å². The lowest BCUT2D eigenvalue weighted by atomic mass is 10.3. The van der Waals surface area contributed by atoms with Gasteiger partial charge in [0.05, 0.1) is 6.10 Å². The van der Waals surface area contributed by atoms with Crippen LogP contribution in [-0.2, 0) is 4.74 Å². The van der Waals surface area contributed by atoms with Gasteiger partial charge >= 0.3 is 0 Å². The predicted molar refractivity (Wildman–Crippen MR) is 33.9 cm³/mol. The molecule has 0 spiro atoms. The highest BCUT2D eigenvalue weighted by molar-refractivity contribution is 4.48. The molecule has 0 aromatic heterocycles. The molecule has 0 aliphatic rings. The fourth-order valence-electron chi connectivity index (χ4n) is 0.552. The largest absolute Gasteiger partial charge is 0.393 e. The van der Waals surface area contributed by atoms with Crippen LogP contribution in [0.4, 0.5) is 0 Å². The Labute approximate surface area is 55.3 Å². The van der Waals surface area contributed by atoms with Crippen molar-refractivity contribution in [2.45, 2.75) is 32.7 Å². The van der Waals surface area contributed by atoms with Crippen LogP contribution in [0.3, 0.4) is 0 Å². The molecular formula is C6H14O3. The van der Waals surface area contributed by atoms with Gasteiger partial charge in [0.25, 0.3) is 0 Å². The molecule has 2 unspecified atom stereocenters. The maximum atomic E-state index is 8.84. The topological polar surface area (TPSA) is 49.7 Å². The van der Waals surface area contributed by atoms with E-state index >= 15 is 0 Å². The summed E-state index contributed by atoms with van der Waals surface area (Å²) < 4.78 is 4.75. The molecule has 2 N–H and O–H groups in total. The first-order valence-corrected chi connectivity index (χ1v) is 3.14. The highest BCUT2D eigenvalue weighted by Crippen LogP contribution is 1.97. The highest BCUT2D eigenvalue weighted by atomic mass is 16.6. The van der Waals surface area contributed by atoms with Gasteiger partial charge < -0.3 is 14.9 Å². The predicted octanol–water partition coefficient (Wildman–Crippen LogP) is 0.112. The van der Waals surface area contributed by atoms with E-state index < -0.39 is 12.4 Å². The molecule has 0 aromatic carbocycles. The zero-order valence-electron chi connectivity index (χ0n) is 5.87. The Morgan fingerprint density at radius 1 is 1.44 bits per heavy atom. The fraction of sp³-hybridized carbons (Fsp3) is 1.00. The molecule has 0 aliphatic heterocycles. The summed E-state index contributed by atoms with van der Waals surface area (Å²) in [6.45, 7) is 3.89. The summed E-state index contributed by atoms with van der Waals surface area (Å²) in [6, 6.07) is 0. The lowest BCUT2D eigenvalue weighted by Crippen LogP contribution is -2.17. The average molecular weight is 134 g/mol. The molecule has 3 nitrogen and oxygen atoms in total. The summed E-state index contributed by atoms with van der Waals surface area (Å²) in [7, 11) is 0. The summed E-state index contributed by atoms with van der Waals surface area (Å²) in [5.41, 5.74) is 0. The zero-order chi connectivity index (χ0) is 7.28. The van der Waals surface area contributed by atoms with Crippen LogP contribution >= 0.6 is 0 Å². The standard InChI is InChI=1S/C6H14O3/c1-3-9-6(8)4-5(2)7/h5-8H,3-4H2,1-2H3. The number of rotatable bonds is 4. The minimum Gasteiger partial charge on any atom is -0.393 e. The number of aliphatic hydroxyl groups excluding tert-OH is 2. The van der Waals surface area contributed by atoms with Gasteiger partial charge in [-0.05, 0) is 13.8 Å². The van der Waals surface area contributed by atoms with Gasteiger partial charge in [-0.3, -0.25) is 0 Å². The van der Waals surface area contributed by atoms with Crippen molar-refractivity contribution in [2.24, 2.45) is 0 Å². The van der Waals surface area contributed by atoms with Crippen LogP contribution in [0.5, 0.6) is 0 Å². The summed E-state index contributed by atoms with van der Waals surface area (Å²) >= 11 is 0. The minimum absolute atomic E-state index is 0.286. The molecule has 56 valence electrons. The van der Waals surface area contributed by atoms with Crippen LogP contribution in [0.1, 0.15) is 20.3 Å². The van der Waals surface area contributed by atoms with Crippen LogP contribution < -0.4 is 0 Å². The second-order valence-corrected chi connectivity index (χ2v) is 1.99.